The maximum atomic E-state index is 5.44. The summed E-state index contributed by atoms with van der Waals surface area (Å²) >= 11 is 0. The van der Waals surface area contributed by atoms with Gasteiger partial charge in [0.1, 0.15) is 0 Å². The first kappa shape index (κ1) is 38.5. The first-order chi connectivity index (χ1) is 33.2. The van der Waals surface area contributed by atoms with Crippen LogP contribution in [0.15, 0.2) is 249 Å². The molecule has 0 amide bonds. The van der Waals surface area contributed by atoms with Crippen LogP contribution in [0.4, 0.5) is 0 Å². The molecule has 13 aromatic rings. The van der Waals surface area contributed by atoms with Crippen LogP contribution in [-0.4, -0.2) is 14.5 Å². The summed E-state index contributed by atoms with van der Waals surface area (Å²) in [6.45, 7) is 0. The van der Waals surface area contributed by atoms with E-state index in [1.54, 1.807) is 0 Å². The Morgan fingerprint density at radius 3 is 1.25 bits per heavy atom. The highest BCUT2D eigenvalue weighted by atomic mass is 15.0. The molecule has 2 aromatic heterocycles. The molecule has 0 fully saturated rings. The zero-order chi connectivity index (χ0) is 44.3. The van der Waals surface area contributed by atoms with Gasteiger partial charge in [0.15, 0.2) is 5.82 Å². The van der Waals surface area contributed by atoms with Gasteiger partial charge >= 0.3 is 0 Å². The van der Waals surface area contributed by atoms with E-state index in [-0.39, 0.29) is 0 Å². The van der Waals surface area contributed by atoms with Crippen molar-refractivity contribution in [3.63, 3.8) is 0 Å². The maximum absolute atomic E-state index is 5.44. The average Bonchev–Trinajstić information content (AvgIpc) is 3.75. The summed E-state index contributed by atoms with van der Waals surface area (Å²) < 4.78 is 2.43. The molecular weight excluding hydrogens is 811 g/mol. The zero-order valence-corrected chi connectivity index (χ0v) is 36.5. The molecule has 0 unspecified atom stereocenters. The Morgan fingerprint density at radius 2 is 0.627 bits per heavy atom. The standard InChI is InChI=1S/C64H41N3/c1-4-16-42(17-5-1)44-28-30-46(31-29-44)61-41-60(45-20-8-3-9-21-45)65-64(66-61)50-36-49(47-32-34-56-54-24-11-10-22-52(54)53-23-12-13-25-55(53)59(56)39-47)37-51(38-50)67-62-27-15-14-26-57(62)58-35-33-48(40-63(58)67)43-18-6-2-7-19-43/h1-41H. The predicted octanol–water partition coefficient (Wildman–Crippen LogP) is 17.0. The molecule has 312 valence electrons. The third kappa shape index (κ3) is 6.76. The fourth-order valence-corrected chi connectivity index (χ4v) is 10.1. The second kappa shape index (κ2) is 16.0. The smallest absolute Gasteiger partial charge is 0.160 e. The van der Waals surface area contributed by atoms with Crippen molar-refractivity contribution in [3.05, 3.63) is 249 Å². The Balaban J connectivity index is 1.07. The first-order valence-electron chi connectivity index (χ1n) is 22.9. The van der Waals surface area contributed by atoms with Gasteiger partial charge in [0.2, 0.25) is 0 Å². The van der Waals surface area contributed by atoms with Crippen LogP contribution >= 0.6 is 0 Å². The van der Waals surface area contributed by atoms with E-state index in [9.17, 15) is 0 Å². The van der Waals surface area contributed by atoms with E-state index in [0.29, 0.717) is 5.82 Å². The molecule has 2 heterocycles. The molecule has 0 atom stereocenters. The molecule has 0 spiro atoms. The molecule has 11 aromatic carbocycles. The topological polar surface area (TPSA) is 30.7 Å². The summed E-state index contributed by atoms with van der Waals surface area (Å²) in [6, 6.07) is 89.5. The van der Waals surface area contributed by atoms with E-state index in [0.717, 1.165) is 61.5 Å². The third-order valence-corrected chi connectivity index (χ3v) is 13.4. The summed E-state index contributed by atoms with van der Waals surface area (Å²) in [5.74, 6) is 0.662. The van der Waals surface area contributed by atoms with Crippen molar-refractivity contribution in [2.24, 2.45) is 0 Å². The first-order valence-corrected chi connectivity index (χ1v) is 22.9. The number of hydrogen-bond donors (Lipinski definition) is 0. The van der Waals surface area contributed by atoms with Crippen LogP contribution in [0.1, 0.15) is 0 Å². The van der Waals surface area contributed by atoms with Crippen LogP contribution in [0.25, 0.3) is 127 Å². The van der Waals surface area contributed by atoms with Gasteiger partial charge < -0.3 is 4.57 Å². The summed E-state index contributed by atoms with van der Waals surface area (Å²) in [6.07, 6.45) is 0. The number of para-hydroxylation sites is 1. The summed E-state index contributed by atoms with van der Waals surface area (Å²) in [5.41, 5.74) is 14.9. The number of benzene rings is 11. The van der Waals surface area contributed by atoms with Gasteiger partial charge in [-0.3, -0.25) is 0 Å². The monoisotopic (exact) mass is 851 g/mol. The van der Waals surface area contributed by atoms with Crippen molar-refractivity contribution in [2.75, 3.05) is 0 Å². The Kier molecular flexibility index (Phi) is 9.17. The van der Waals surface area contributed by atoms with Crippen molar-refractivity contribution < 1.29 is 0 Å². The van der Waals surface area contributed by atoms with E-state index in [4.69, 9.17) is 9.97 Å². The number of nitrogens with zero attached hydrogens (tertiary/aromatic N) is 3. The lowest BCUT2D eigenvalue weighted by Gasteiger charge is -2.16. The number of aromatic nitrogens is 3. The highest BCUT2D eigenvalue weighted by Crippen LogP contribution is 2.41. The van der Waals surface area contributed by atoms with E-state index in [2.05, 4.69) is 253 Å². The van der Waals surface area contributed by atoms with Crippen molar-refractivity contribution >= 4 is 54.1 Å². The van der Waals surface area contributed by atoms with Crippen molar-refractivity contribution in [1.82, 2.24) is 14.5 Å². The largest absolute Gasteiger partial charge is 0.309 e. The number of hydrogen-bond acceptors (Lipinski definition) is 2. The van der Waals surface area contributed by atoms with E-state index in [1.165, 1.54) is 59.8 Å². The minimum atomic E-state index is 0.662. The second-order valence-electron chi connectivity index (χ2n) is 17.3. The molecule has 0 aliphatic carbocycles. The molecule has 0 aliphatic rings. The number of rotatable bonds is 7. The number of fused-ring (bicyclic) bond motifs is 9. The Labute approximate surface area is 388 Å². The zero-order valence-electron chi connectivity index (χ0n) is 36.5. The summed E-state index contributed by atoms with van der Waals surface area (Å²) in [5, 5.41) is 9.90. The van der Waals surface area contributed by atoms with Crippen LogP contribution in [0.3, 0.4) is 0 Å². The summed E-state index contributed by atoms with van der Waals surface area (Å²) in [4.78, 5) is 10.8. The van der Waals surface area contributed by atoms with Gasteiger partial charge in [0, 0.05) is 33.2 Å². The van der Waals surface area contributed by atoms with E-state index >= 15 is 0 Å². The highest BCUT2D eigenvalue weighted by molar-refractivity contribution is 6.25. The molecule has 0 N–H and O–H groups in total. The van der Waals surface area contributed by atoms with E-state index in [1.807, 2.05) is 0 Å². The Bertz CT molecular complexity index is 3970. The lowest BCUT2D eigenvalue weighted by Crippen LogP contribution is -1.99. The minimum Gasteiger partial charge on any atom is -0.309 e. The second-order valence-corrected chi connectivity index (χ2v) is 17.3. The molecule has 67 heavy (non-hydrogen) atoms. The summed E-state index contributed by atoms with van der Waals surface area (Å²) in [7, 11) is 0. The molecule has 3 nitrogen and oxygen atoms in total. The normalized spacial score (nSPS) is 11.6. The van der Waals surface area contributed by atoms with Crippen LogP contribution in [0.2, 0.25) is 0 Å². The Hall–Kier alpha value is -8.92. The van der Waals surface area contributed by atoms with Gasteiger partial charge in [0.05, 0.1) is 22.4 Å². The highest BCUT2D eigenvalue weighted by Gasteiger charge is 2.19. The predicted molar refractivity (Wildman–Crippen MR) is 282 cm³/mol. The van der Waals surface area contributed by atoms with Gasteiger partial charge in [0.25, 0.3) is 0 Å². The SMILES string of the molecule is c1ccc(-c2ccc(-c3cc(-c4ccccc4)nc(-c4cc(-c5ccc6c7ccccc7c7ccccc7c6c5)cc(-n5c6ccccc6c6ccc(-c7ccccc7)cc65)c4)n3)cc2)cc1. The van der Waals surface area contributed by atoms with E-state index < -0.39 is 0 Å². The van der Waals surface area contributed by atoms with Crippen LogP contribution < -0.4 is 0 Å². The van der Waals surface area contributed by atoms with Gasteiger partial charge in [-0.2, -0.15) is 0 Å². The molecule has 0 bridgehead atoms. The van der Waals surface area contributed by atoms with Crippen LogP contribution in [-0.2, 0) is 0 Å². The van der Waals surface area contributed by atoms with Gasteiger partial charge in [-0.25, -0.2) is 9.97 Å². The molecule has 0 aliphatic heterocycles. The molecule has 13 rings (SSSR count). The lowest BCUT2D eigenvalue weighted by molar-refractivity contribution is 1.16. The van der Waals surface area contributed by atoms with Gasteiger partial charge in [-0.15, -0.1) is 0 Å². The van der Waals surface area contributed by atoms with Gasteiger partial charge in [-0.1, -0.05) is 206 Å². The van der Waals surface area contributed by atoms with Crippen molar-refractivity contribution in [2.45, 2.75) is 0 Å². The van der Waals surface area contributed by atoms with Crippen molar-refractivity contribution in [1.29, 1.82) is 0 Å². The van der Waals surface area contributed by atoms with Crippen LogP contribution in [0, 0.1) is 0 Å². The van der Waals surface area contributed by atoms with Gasteiger partial charge in [-0.05, 0) is 108 Å². The van der Waals surface area contributed by atoms with Crippen molar-refractivity contribution in [3.8, 4) is 73.0 Å². The Morgan fingerprint density at radius 1 is 0.224 bits per heavy atom. The molecular formula is C64H41N3. The molecule has 3 heteroatoms. The lowest BCUT2D eigenvalue weighted by atomic mass is 9.91. The fourth-order valence-electron chi connectivity index (χ4n) is 10.1. The third-order valence-electron chi connectivity index (χ3n) is 13.4. The average molecular weight is 852 g/mol. The molecule has 0 saturated carbocycles. The molecule has 0 saturated heterocycles. The maximum Gasteiger partial charge on any atom is 0.160 e. The molecule has 0 radical (unpaired) electrons. The minimum absolute atomic E-state index is 0.662. The quantitative estimate of drug-likeness (QED) is 0.150. The van der Waals surface area contributed by atoms with Crippen LogP contribution in [0.5, 0.6) is 0 Å². The fraction of sp³-hybridized carbons (Fsp3) is 0.